The molecule has 2 aromatic rings. The number of aryl methyl sites for hydroxylation is 1. The Kier molecular flexibility index (Phi) is 5.25. The number of rotatable bonds is 3. The number of hydrogen-bond donors (Lipinski definition) is 1. The summed E-state index contributed by atoms with van der Waals surface area (Å²) in [6.45, 7) is 3.77. The van der Waals surface area contributed by atoms with Crippen LogP contribution in [0, 0.1) is 25.2 Å². The van der Waals surface area contributed by atoms with Gasteiger partial charge in [-0.05, 0) is 37.6 Å². The third-order valence-corrected chi connectivity index (χ3v) is 4.92. The highest BCUT2D eigenvalue weighted by Crippen LogP contribution is 2.31. The summed E-state index contributed by atoms with van der Waals surface area (Å²) < 4.78 is 0. The molecule has 0 aliphatic heterocycles. The number of nitriles is 1. The molecule has 22 heavy (non-hydrogen) atoms. The molecule has 3 nitrogen and oxygen atoms in total. The fraction of sp³-hybridized carbons (Fsp3) is 0.125. The van der Waals surface area contributed by atoms with E-state index in [1.807, 2.05) is 13.8 Å². The predicted molar refractivity (Wildman–Crippen MR) is 92.6 cm³/mol. The summed E-state index contributed by atoms with van der Waals surface area (Å²) in [5, 5.41) is 13.4. The van der Waals surface area contributed by atoms with Crippen molar-refractivity contribution in [1.29, 1.82) is 5.26 Å². The molecule has 1 amide bonds. The van der Waals surface area contributed by atoms with Crippen molar-refractivity contribution in [1.82, 2.24) is 0 Å². The largest absolute Gasteiger partial charge is 0.313 e. The SMILES string of the molecule is Cc1sc(NC(=O)/C=C/c2c(Cl)cccc2Cl)c(C#N)c1C. The van der Waals surface area contributed by atoms with Crippen molar-refractivity contribution in [3.63, 3.8) is 0 Å². The van der Waals surface area contributed by atoms with Crippen LogP contribution in [-0.2, 0) is 4.79 Å². The van der Waals surface area contributed by atoms with Crippen LogP contribution in [0.2, 0.25) is 10.0 Å². The summed E-state index contributed by atoms with van der Waals surface area (Å²) in [5.74, 6) is -0.339. The Bertz CT molecular complexity index is 783. The third kappa shape index (κ3) is 3.50. The number of anilines is 1. The summed E-state index contributed by atoms with van der Waals surface area (Å²) in [5.41, 5.74) is 1.97. The van der Waals surface area contributed by atoms with Gasteiger partial charge in [0.05, 0.1) is 5.56 Å². The molecule has 0 saturated carbocycles. The fourth-order valence-corrected chi connectivity index (χ4v) is 3.37. The molecule has 1 heterocycles. The van der Waals surface area contributed by atoms with Gasteiger partial charge in [0.15, 0.2) is 0 Å². The maximum Gasteiger partial charge on any atom is 0.249 e. The molecule has 0 spiro atoms. The minimum Gasteiger partial charge on any atom is -0.313 e. The first-order valence-electron chi connectivity index (χ1n) is 6.37. The van der Waals surface area contributed by atoms with Gasteiger partial charge in [-0.25, -0.2) is 0 Å². The normalized spacial score (nSPS) is 10.7. The van der Waals surface area contributed by atoms with E-state index in [1.165, 1.54) is 17.4 Å². The van der Waals surface area contributed by atoms with Crippen molar-refractivity contribution in [2.24, 2.45) is 0 Å². The summed E-state index contributed by atoms with van der Waals surface area (Å²) in [6, 6.07) is 7.24. The van der Waals surface area contributed by atoms with E-state index in [0.29, 0.717) is 26.2 Å². The van der Waals surface area contributed by atoms with Crippen molar-refractivity contribution in [2.45, 2.75) is 13.8 Å². The molecule has 0 aliphatic rings. The molecule has 2 rings (SSSR count). The van der Waals surface area contributed by atoms with Crippen LogP contribution in [0.5, 0.6) is 0 Å². The topological polar surface area (TPSA) is 52.9 Å². The second-order valence-corrected chi connectivity index (χ2v) is 6.60. The molecule has 0 saturated heterocycles. The second-order valence-electron chi connectivity index (χ2n) is 4.56. The minimum absolute atomic E-state index is 0.339. The van der Waals surface area contributed by atoms with Gasteiger partial charge in [-0.3, -0.25) is 4.79 Å². The summed E-state index contributed by atoms with van der Waals surface area (Å²) in [6.07, 6.45) is 2.90. The third-order valence-electron chi connectivity index (χ3n) is 3.13. The first kappa shape index (κ1) is 16.6. The zero-order valence-electron chi connectivity index (χ0n) is 11.9. The van der Waals surface area contributed by atoms with Crippen molar-refractivity contribution >= 4 is 51.5 Å². The molecule has 0 aliphatic carbocycles. The molecule has 1 N–H and O–H groups in total. The van der Waals surface area contributed by atoms with Crippen molar-refractivity contribution in [2.75, 3.05) is 5.32 Å². The lowest BCUT2D eigenvalue weighted by Gasteiger charge is -2.02. The minimum atomic E-state index is -0.339. The molecule has 0 bridgehead atoms. The predicted octanol–water partition coefficient (Wildman–Crippen LogP) is 5.20. The van der Waals surface area contributed by atoms with E-state index < -0.39 is 0 Å². The monoisotopic (exact) mass is 350 g/mol. The number of carbonyl (C=O) groups excluding carboxylic acids is 1. The Morgan fingerprint density at radius 1 is 1.32 bits per heavy atom. The first-order valence-corrected chi connectivity index (χ1v) is 7.94. The lowest BCUT2D eigenvalue weighted by molar-refractivity contribution is -0.111. The van der Waals surface area contributed by atoms with Gasteiger partial charge < -0.3 is 5.32 Å². The van der Waals surface area contributed by atoms with E-state index in [4.69, 9.17) is 28.5 Å². The summed E-state index contributed by atoms with van der Waals surface area (Å²) >= 11 is 13.5. The van der Waals surface area contributed by atoms with Crippen molar-refractivity contribution in [3.8, 4) is 6.07 Å². The van der Waals surface area contributed by atoms with Crippen LogP contribution in [0.4, 0.5) is 5.00 Å². The van der Waals surface area contributed by atoms with Crippen LogP contribution in [-0.4, -0.2) is 5.91 Å². The van der Waals surface area contributed by atoms with Gasteiger partial charge in [0.1, 0.15) is 11.1 Å². The van der Waals surface area contributed by atoms with Gasteiger partial charge in [0.25, 0.3) is 0 Å². The number of hydrogen-bond acceptors (Lipinski definition) is 3. The Balaban J connectivity index is 2.19. The van der Waals surface area contributed by atoms with Crippen LogP contribution >= 0.6 is 34.5 Å². The molecule has 0 fully saturated rings. The second kappa shape index (κ2) is 6.97. The quantitative estimate of drug-likeness (QED) is 0.773. The van der Waals surface area contributed by atoms with Crippen LogP contribution in [0.25, 0.3) is 6.08 Å². The molecule has 112 valence electrons. The molecule has 1 aromatic heterocycles. The number of thiophene rings is 1. The van der Waals surface area contributed by atoms with E-state index in [9.17, 15) is 4.79 Å². The Morgan fingerprint density at radius 2 is 1.95 bits per heavy atom. The maximum absolute atomic E-state index is 12.0. The zero-order chi connectivity index (χ0) is 16.3. The Morgan fingerprint density at radius 3 is 2.55 bits per heavy atom. The Hall–Kier alpha value is -1.80. The smallest absolute Gasteiger partial charge is 0.249 e. The molecule has 0 atom stereocenters. The average molecular weight is 351 g/mol. The molecule has 1 aromatic carbocycles. The number of amides is 1. The van der Waals surface area contributed by atoms with E-state index >= 15 is 0 Å². The van der Waals surface area contributed by atoms with E-state index in [0.717, 1.165) is 10.4 Å². The van der Waals surface area contributed by atoms with Gasteiger partial charge in [0, 0.05) is 26.6 Å². The number of halogens is 2. The lowest BCUT2D eigenvalue weighted by atomic mass is 10.2. The van der Waals surface area contributed by atoms with Gasteiger partial charge in [0.2, 0.25) is 5.91 Å². The number of carbonyl (C=O) groups is 1. The van der Waals surface area contributed by atoms with Gasteiger partial charge in [-0.15, -0.1) is 11.3 Å². The van der Waals surface area contributed by atoms with Crippen LogP contribution in [0.1, 0.15) is 21.6 Å². The average Bonchev–Trinajstić information content (AvgIpc) is 2.72. The molecular formula is C16H12Cl2N2OS. The number of benzene rings is 1. The molecular weight excluding hydrogens is 339 g/mol. The van der Waals surface area contributed by atoms with Crippen LogP contribution in [0.3, 0.4) is 0 Å². The van der Waals surface area contributed by atoms with Crippen molar-refractivity contribution < 1.29 is 4.79 Å². The first-order chi connectivity index (χ1) is 10.4. The summed E-state index contributed by atoms with van der Waals surface area (Å²) in [7, 11) is 0. The highest BCUT2D eigenvalue weighted by Gasteiger charge is 2.13. The number of nitrogens with zero attached hydrogens (tertiary/aromatic N) is 1. The van der Waals surface area contributed by atoms with E-state index in [-0.39, 0.29) is 5.91 Å². The van der Waals surface area contributed by atoms with Gasteiger partial charge >= 0.3 is 0 Å². The van der Waals surface area contributed by atoms with Gasteiger partial charge in [-0.2, -0.15) is 5.26 Å². The van der Waals surface area contributed by atoms with Crippen molar-refractivity contribution in [3.05, 3.63) is 55.9 Å². The maximum atomic E-state index is 12.0. The molecule has 0 unspecified atom stereocenters. The highest BCUT2D eigenvalue weighted by atomic mass is 35.5. The lowest BCUT2D eigenvalue weighted by Crippen LogP contribution is -2.07. The number of nitrogens with one attached hydrogen (secondary N) is 1. The van der Waals surface area contributed by atoms with E-state index in [1.54, 1.807) is 24.3 Å². The molecule has 6 heteroatoms. The zero-order valence-corrected chi connectivity index (χ0v) is 14.2. The van der Waals surface area contributed by atoms with Crippen LogP contribution < -0.4 is 5.32 Å². The summed E-state index contributed by atoms with van der Waals surface area (Å²) in [4.78, 5) is 13.0. The van der Waals surface area contributed by atoms with Gasteiger partial charge in [-0.1, -0.05) is 29.3 Å². The standard InChI is InChI=1S/C16H12Cl2N2OS/c1-9-10(2)22-16(12(9)8-19)20-15(21)7-6-11-13(17)4-3-5-14(11)18/h3-7H,1-2H3,(H,20,21)/b7-6+. The van der Waals surface area contributed by atoms with Crippen LogP contribution in [0.15, 0.2) is 24.3 Å². The molecule has 0 radical (unpaired) electrons. The highest BCUT2D eigenvalue weighted by molar-refractivity contribution is 7.16. The fourth-order valence-electron chi connectivity index (χ4n) is 1.83. The Labute approximate surface area is 142 Å². The van der Waals surface area contributed by atoms with E-state index in [2.05, 4.69) is 11.4 Å².